The third kappa shape index (κ3) is 4.76. The largest absolute Gasteiger partial charge is 0.463 e. The molecule has 1 aliphatic rings. The molecule has 0 aromatic carbocycles. The van der Waals surface area contributed by atoms with Gasteiger partial charge in [-0.15, -0.1) is 0 Å². The molecule has 0 unspecified atom stereocenters. The van der Waals surface area contributed by atoms with E-state index >= 15 is 0 Å². The third-order valence-electron chi connectivity index (χ3n) is 3.03. The summed E-state index contributed by atoms with van der Waals surface area (Å²) in [6.07, 6.45) is 2.10. The number of halogens is 1. The molecule has 0 saturated carbocycles. The van der Waals surface area contributed by atoms with E-state index in [4.69, 9.17) is 21.1 Å². The van der Waals surface area contributed by atoms with Crippen LogP contribution in [-0.2, 0) is 4.74 Å². The maximum absolute atomic E-state index is 5.93. The number of rotatable bonds is 6. The first-order chi connectivity index (χ1) is 9.65. The zero-order valence-electron chi connectivity index (χ0n) is 12.0. The minimum absolute atomic E-state index is 0.167. The van der Waals surface area contributed by atoms with Crippen molar-refractivity contribution in [3.63, 3.8) is 0 Å². The molecule has 0 aliphatic carbocycles. The Morgan fingerprint density at radius 3 is 2.70 bits per heavy atom. The van der Waals surface area contributed by atoms with Crippen molar-refractivity contribution in [2.24, 2.45) is 5.92 Å². The summed E-state index contributed by atoms with van der Waals surface area (Å²) in [4.78, 5) is 14.5. The number of nitrogens with zero attached hydrogens (tertiary/aromatic N) is 4. The second kappa shape index (κ2) is 7.59. The van der Waals surface area contributed by atoms with Gasteiger partial charge in [0.1, 0.15) is 0 Å². The summed E-state index contributed by atoms with van der Waals surface area (Å²) >= 11 is 5.93. The summed E-state index contributed by atoms with van der Waals surface area (Å²) in [7, 11) is 0. The van der Waals surface area contributed by atoms with Crippen molar-refractivity contribution in [1.82, 2.24) is 15.0 Å². The molecule has 0 bridgehead atoms. The lowest BCUT2D eigenvalue weighted by Gasteiger charge is -2.26. The van der Waals surface area contributed by atoms with Gasteiger partial charge in [-0.2, -0.15) is 15.0 Å². The van der Waals surface area contributed by atoms with Crippen molar-refractivity contribution < 1.29 is 9.47 Å². The molecule has 0 radical (unpaired) electrons. The van der Waals surface area contributed by atoms with E-state index in [1.807, 2.05) is 4.90 Å². The molecule has 1 fully saturated rings. The molecule has 2 rings (SSSR count). The molecule has 112 valence electrons. The first kappa shape index (κ1) is 15.3. The lowest BCUT2D eigenvalue weighted by atomic mass is 10.1. The molecule has 20 heavy (non-hydrogen) atoms. The number of anilines is 1. The Balaban J connectivity index is 1.93. The zero-order valence-corrected chi connectivity index (χ0v) is 12.8. The molecular weight excluding hydrogens is 280 g/mol. The minimum atomic E-state index is 0.167. The molecule has 6 nitrogen and oxygen atoms in total. The van der Waals surface area contributed by atoms with Gasteiger partial charge in [0.05, 0.1) is 19.8 Å². The summed E-state index contributed by atoms with van der Waals surface area (Å²) in [6, 6.07) is 0.301. The molecule has 0 amide bonds. The zero-order chi connectivity index (χ0) is 14.4. The van der Waals surface area contributed by atoms with Crippen LogP contribution in [0.25, 0.3) is 0 Å². The van der Waals surface area contributed by atoms with Gasteiger partial charge in [0.2, 0.25) is 11.2 Å². The average molecular weight is 301 g/mol. The van der Waals surface area contributed by atoms with Gasteiger partial charge >= 0.3 is 6.01 Å². The molecule has 1 aromatic heterocycles. The summed E-state index contributed by atoms with van der Waals surface area (Å²) in [5, 5.41) is 0.167. The van der Waals surface area contributed by atoms with E-state index in [0.29, 0.717) is 37.7 Å². The highest BCUT2D eigenvalue weighted by atomic mass is 35.5. The Hall–Kier alpha value is -1.14. The molecule has 1 aliphatic heterocycles. The molecule has 0 atom stereocenters. The van der Waals surface area contributed by atoms with Gasteiger partial charge in [-0.05, 0) is 30.4 Å². The fraction of sp³-hybridized carbons (Fsp3) is 0.769. The highest BCUT2D eigenvalue weighted by Gasteiger charge is 2.16. The molecule has 1 aromatic rings. The number of hydrogen-bond acceptors (Lipinski definition) is 6. The summed E-state index contributed by atoms with van der Waals surface area (Å²) < 4.78 is 10.9. The van der Waals surface area contributed by atoms with E-state index in [0.717, 1.165) is 25.9 Å². The fourth-order valence-corrected chi connectivity index (χ4v) is 2.09. The van der Waals surface area contributed by atoms with Crippen molar-refractivity contribution >= 4 is 17.5 Å². The van der Waals surface area contributed by atoms with Crippen LogP contribution in [0.4, 0.5) is 5.95 Å². The molecule has 7 heteroatoms. The maximum Gasteiger partial charge on any atom is 0.322 e. The SMILES string of the molecule is CC(C)CCCOc1nc(Cl)nc(N2CCOCC2)n1. The molecule has 0 N–H and O–H groups in total. The number of hydrogen-bond donors (Lipinski definition) is 0. The van der Waals surface area contributed by atoms with E-state index in [2.05, 4.69) is 28.8 Å². The first-order valence-electron chi connectivity index (χ1n) is 7.02. The van der Waals surface area contributed by atoms with Crippen LogP contribution in [-0.4, -0.2) is 47.9 Å². The van der Waals surface area contributed by atoms with E-state index in [1.54, 1.807) is 0 Å². The highest BCUT2D eigenvalue weighted by Crippen LogP contribution is 2.16. The Bertz CT molecular complexity index is 425. The smallest absolute Gasteiger partial charge is 0.322 e. The lowest BCUT2D eigenvalue weighted by molar-refractivity contribution is 0.122. The van der Waals surface area contributed by atoms with Gasteiger partial charge in [0.25, 0.3) is 0 Å². The monoisotopic (exact) mass is 300 g/mol. The van der Waals surface area contributed by atoms with Crippen LogP contribution in [0.1, 0.15) is 26.7 Å². The summed E-state index contributed by atoms with van der Waals surface area (Å²) in [5.41, 5.74) is 0. The predicted octanol–water partition coefficient (Wildman–Crippen LogP) is 2.18. The van der Waals surface area contributed by atoms with Crippen molar-refractivity contribution in [3.05, 3.63) is 5.28 Å². The van der Waals surface area contributed by atoms with Crippen LogP contribution in [0.15, 0.2) is 0 Å². The van der Waals surface area contributed by atoms with Gasteiger partial charge < -0.3 is 14.4 Å². The van der Waals surface area contributed by atoms with Gasteiger partial charge in [0, 0.05) is 13.1 Å². The van der Waals surface area contributed by atoms with E-state index < -0.39 is 0 Å². The molecule has 1 saturated heterocycles. The van der Waals surface area contributed by atoms with E-state index in [9.17, 15) is 0 Å². The van der Waals surface area contributed by atoms with Crippen molar-refractivity contribution in [2.45, 2.75) is 26.7 Å². The molecular formula is C13H21ClN4O2. The Morgan fingerprint density at radius 1 is 1.25 bits per heavy atom. The molecule has 2 heterocycles. The number of ether oxygens (including phenoxy) is 2. The van der Waals surface area contributed by atoms with E-state index in [1.165, 1.54) is 0 Å². The maximum atomic E-state index is 5.93. The second-order valence-electron chi connectivity index (χ2n) is 5.17. The van der Waals surface area contributed by atoms with Crippen LogP contribution in [0, 0.1) is 5.92 Å². The van der Waals surface area contributed by atoms with Crippen LogP contribution < -0.4 is 9.64 Å². The highest BCUT2D eigenvalue weighted by molar-refractivity contribution is 6.28. The van der Waals surface area contributed by atoms with Crippen LogP contribution in [0.2, 0.25) is 5.28 Å². The van der Waals surface area contributed by atoms with Gasteiger partial charge in [-0.25, -0.2) is 0 Å². The Labute approximate surface area is 124 Å². The van der Waals surface area contributed by atoms with Crippen molar-refractivity contribution in [2.75, 3.05) is 37.8 Å². The number of morpholine rings is 1. The minimum Gasteiger partial charge on any atom is -0.463 e. The van der Waals surface area contributed by atoms with Gasteiger partial charge in [0.15, 0.2) is 0 Å². The van der Waals surface area contributed by atoms with Gasteiger partial charge in [-0.1, -0.05) is 13.8 Å². The van der Waals surface area contributed by atoms with Gasteiger partial charge in [-0.3, -0.25) is 0 Å². The van der Waals surface area contributed by atoms with E-state index in [-0.39, 0.29) is 5.28 Å². The molecule has 0 spiro atoms. The third-order valence-corrected chi connectivity index (χ3v) is 3.20. The predicted molar refractivity (Wildman–Crippen MR) is 77.4 cm³/mol. The summed E-state index contributed by atoms with van der Waals surface area (Å²) in [6.45, 7) is 7.84. The quantitative estimate of drug-likeness (QED) is 0.751. The fourth-order valence-electron chi connectivity index (χ4n) is 1.95. The summed E-state index contributed by atoms with van der Waals surface area (Å²) in [5.74, 6) is 1.23. The second-order valence-corrected chi connectivity index (χ2v) is 5.51. The van der Waals surface area contributed by atoms with Crippen LogP contribution in [0.3, 0.4) is 0 Å². The standard InChI is InChI=1S/C13H21ClN4O2/c1-10(2)4-3-7-20-13-16-11(14)15-12(17-13)18-5-8-19-9-6-18/h10H,3-9H2,1-2H3. The number of aromatic nitrogens is 3. The lowest BCUT2D eigenvalue weighted by Crippen LogP contribution is -2.37. The van der Waals surface area contributed by atoms with Crippen molar-refractivity contribution in [3.8, 4) is 6.01 Å². The first-order valence-corrected chi connectivity index (χ1v) is 7.40. The van der Waals surface area contributed by atoms with Crippen LogP contribution in [0.5, 0.6) is 6.01 Å². The normalized spacial score (nSPS) is 15.7. The Morgan fingerprint density at radius 2 is 2.00 bits per heavy atom. The Kier molecular flexibility index (Phi) is 5.79. The van der Waals surface area contributed by atoms with Crippen LogP contribution >= 0.6 is 11.6 Å². The average Bonchev–Trinajstić information content (AvgIpc) is 2.44. The topological polar surface area (TPSA) is 60.4 Å². The van der Waals surface area contributed by atoms with Crippen molar-refractivity contribution in [1.29, 1.82) is 0 Å².